The van der Waals surface area contributed by atoms with Crippen LogP contribution in [0.15, 0.2) is 51.1 Å². The van der Waals surface area contributed by atoms with Gasteiger partial charge in [-0.2, -0.15) is 0 Å². The van der Waals surface area contributed by atoms with Gasteiger partial charge < -0.3 is 5.32 Å². The molecule has 0 unspecified atom stereocenters. The Bertz CT molecular complexity index is 1250. The average molecular weight is 413 g/mol. The predicted molar refractivity (Wildman–Crippen MR) is 115 cm³/mol. The van der Waals surface area contributed by atoms with Gasteiger partial charge in [0.15, 0.2) is 5.17 Å². The number of thioether (sulfide) groups is 1. The van der Waals surface area contributed by atoms with Crippen molar-refractivity contribution in [2.24, 2.45) is 19.1 Å². The number of aryl methyl sites for hydroxylation is 2. The third-order valence-corrected chi connectivity index (χ3v) is 6.03. The molecular weight excluding hydrogens is 396 g/mol. The first-order valence-electron chi connectivity index (χ1n) is 8.55. The summed E-state index contributed by atoms with van der Waals surface area (Å²) in [6, 6.07) is 11.1. The number of aliphatic imine (C=N–C) groups is 1. The summed E-state index contributed by atoms with van der Waals surface area (Å²) in [4.78, 5) is 29.5. The first-order valence-corrected chi connectivity index (χ1v) is 9.75. The van der Waals surface area contributed by atoms with Crippen LogP contribution in [0.5, 0.6) is 0 Å². The van der Waals surface area contributed by atoms with Crippen molar-refractivity contribution in [3.63, 3.8) is 0 Å². The van der Waals surface area contributed by atoms with Crippen LogP contribution in [0, 0.1) is 6.92 Å². The maximum Gasteiger partial charge on any atom is 0.328 e. The molecule has 28 heavy (non-hydrogen) atoms. The summed E-state index contributed by atoms with van der Waals surface area (Å²) in [5.74, 6) is -0.203. The normalized spacial score (nSPS) is 17.1. The van der Waals surface area contributed by atoms with Gasteiger partial charge >= 0.3 is 5.69 Å². The molecule has 1 saturated heterocycles. The fourth-order valence-electron chi connectivity index (χ4n) is 3.07. The van der Waals surface area contributed by atoms with Crippen LogP contribution in [0.2, 0.25) is 5.02 Å². The van der Waals surface area contributed by atoms with Gasteiger partial charge in [0, 0.05) is 19.1 Å². The summed E-state index contributed by atoms with van der Waals surface area (Å²) in [7, 11) is 3.47. The Kier molecular flexibility index (Phi) is 4.64. The van der Waals surface area contributed by atoms with Crippen molar-refractivity contribution in [1.29, 1.82) is 0 Å². The van der Waals surface area contributed by atoms with Crippen molar-refractivity contribution >= 4 is 57.2 Å². The molecule has 6 nitrogen and oxygen atoms in total. The van der Waals surface area contributed by atoms with Crippen LogP contribution in [0.25, 0.3) is 17.1 Å². The smallest absolute Gasteiger partial charge is 0.300 e. The van der Waals surface area contributed by atoms with Crippen molar-refractivity contribution in [1.82, 2.24) is 14.5 Å². The minimum atomic E-state index is -0.203. The van der Waals surface area contributed by atoms with E-state index in [0.29, 0.717) is 15.1 Å². The van der Waals surface area contributed by atoms with Gasteiger partial charge in [0.2, 0.25) is 0 Å². The van der Waals surface area contributed by atoms with E-state index in [1.165, 1.54) is 11.8 Å². The molecule has 0 saturated carbocycles. The van der Waals surface area contributed by atoms with E-state index in [4.69, 9.17) is 11.6 Å². The predicted octanol–water partition coefficient (Wildman–Crippen LogP) is 3.73. The fourth-order valence-corrected chi connectivity index (χ4v) is 4.08. The number of aromatic nitrogens is 2. The zero-order valence-electron chi connectivity index (χ0n) is 15.5. The number of nitrogens with zero attached hydrogens (tertiary/aromatic N) is 3. The maximum absolute atomic E-state index is 12.4. The second kappa shape index (κ2) is 7.00. The van der Waals surface area contributed by atoms with Crippen molar-refractivity contribution in [2.75, 3.05) is 0 Å². The number of hydrogen-bond donors (Lipinski definition) is 1. The van der Waals surface area contributed by atoms with Crippen LogP contribution >= 0.6 is 23.4 Å². The Labute approximate surface area is 170 Å². The standard InChI is InChI=1S/C20H17ClN4O2S/c1-11-13(21)5-4-6-14(11)22-19-23-18(26)17(28-19)10-12-7-8-15-16(9-12)25(3)20(27)24(15)2/h4-10H,1-3H3,(H,22,23,26)/b17-10+. The summed E-state index contributed by atoms with van der Waals surface area (Å²) in [6.07, 6.45) is 1.80. The Morgan fingerprint density at radius 2 is 1.86 bits per heavy atom. The van der Waals surface area contributed by atoms with Crippen molar-refractivity contribution < 1.29 is 4.79 Å². The molecule has 1 N–H and O–H groups in total. The fraction of sp³-hybridized carbons (Fsp3) is 0.150. The quantitative estimate of drug-likeness (QED) is 0.652. The van der Waals surface area contributed by atoms with Crippen LogP contribution in [0.4, 0.5) is 5.69 Å². The molecule has 1 aliphatic rings. The van der Waals surface area contributed by atoms with Crippen molar-refractivity contribution in [2.45, 2.75) is 6.92 Å². The molecule has 142 valence electrons. The number of amidine groups is 1. The number of amides is 1. The van der Waals surface area contributed by atoms with E-state index in [2.05, 4.69) is 10.3 Å². The Morgan fingerprint density at radius 3 is 2.64 bits per heavy atom. The summed E-state index contributed by atoms with van der Waals surface area (Å²) >= 11 is 7.41. The first kappa shape index (κ1) is 18.6. The van der Waals surface area contributed by atoms with Crippen LogP contribution < -0.4 is 11.0 Å². The van der Waals surface area contributed by atoms with Gasteiger partial charge in [-0.1, -0.05) is 23.7 Å². The van der Waals surface area contributed by atoms with E-state index in [-0.39, 0.29) is 11.6 Å². The number of rotatable bonds is 2. The third-order valence-electron chi connectivity index (χ3n) is 4.71. The topological polar surface area (TPSA) is 68.4 Å². The van der Waals surface area contributed by atoms with E-state index < -0.39 is 0 Å². The van der Waals surface area contributed by atoms with Gasteiger partial charge in [0.25, 0.3) is 5.91 Å². The summed E-state index contributed by atoms with van der Waals surface area (Å²) in [5, 5.41) is 3.93. The number of carbonyl (C=O) groups excluding carboxylic acids is 1. The Hall–Kier alpha value is -2.77. The molecule has 4 rings (SSSR count). The minimum absolute atomic E-state index is 0.0842. The van der Waals surface area contributed by atoms with Crippen molar-refractivity contribution in [3.05, 3.63) is 67.9 Å². The van der Waals surface area contributed by atoms with E-state index in [9.17, 15) is 9.59 Å². The second-order valence-electron chi connectivity index (χ2n) is 6.51. The molecule has 3 aromatic rings. The highest BCUT2D eigenvalue weighted by Crippen LogP contribution is 2.31. The molecule has 2 heterocycles. The summed E-state index contributed by atoms with van der Waals surface area (Å²) in [5.41, 5.74) is 3.99. The molecule has 2 aromatic carbocycles. The monoisotopic (exact) mass is 412 g/mol. The number of hydrogen-bond acceptors (Lipinski definition) is 4. The molecule has 1 amide bonds. The molecule has 1 fully saturated rings. The van der Waals surface area contributed by atoms with E-state index in [0.717, 1.165) is 27.8 Å². The SMILES string of the molecule is Cc1c(Cl)cccc1N=C1NC(=O)/C(=C\c2ccc3c(c2)n(C)c(=O)n3C)S1. The lowest BCUT2D eigenvalue weighted by Crippen LogP contribution is -2.19. The number of fused-ring (bicyclic) bond motifs is 1. The number of nitrogens with one attached hydrogen (secondary N) is 1. The largest absolute Gasteiger partial charge is 0.328 e. The molecule has 1 aliphatic heterocycles. The second-order valence-corrected chi connectivity index (χ2v) is 7.95. The van der Waals surface area contributed by atoms with Gasteiger partial charge in [-0.15, -0.1) is 0 Å². The molecule has 0 radical (unpaired) electrons. The molecule has 0 bridgehead atoms. The lowest BCUT2D eigenvalue weighted by molar-refractivity contribution is -0.115. The van der Waals surface area contributed by atoms with Gasteiger partial charge in [-0.05, 0) is 60.2 Å². The van der Waals surface area contributed by atoms with E-state index in [1.807, 2.05) is 37.3 Å². The Morgan fingerprint density at radius 1 is 1.11 bits per heavy atom. The van der Waals surface area contributed by atoms with Crippen molar-refractivity contribution in [3.8, 4) is 0 Å². The lowest BCUT2D eigenvalue weighted by atomic mass is 10.2. The number of imidazole rings is 1. The third kappa shape index (κ3) is 3.16. The molecule has 0 aliphatic carbocycles. The van der Waals surface area contributed by atoms with Crippen LogP contribution in [-0.2, 0) is 18.9 Å². The van der Waals surface area contributed by atoms with Crippen LogP contribution in [0.1, 0.15) is 11.1 Å². The lowest BCUT2D eigenvalue weighted by Gasteiger charge is -2.02. The summed E-state index contributed by atoms with van der Waals surface area (Å²) in [6.45, 7) is 1.89. The van der Waals surface area contributed by atoms with Gasteiger partial charge in [0.05, 0.1) is 21.6 Å². The maximum atomic E-state index is 12.4. The highest BCUT2D eigenvalue weighted by atomic mass is 35.5. The highest BCUT2D eigenvalue weighted by Gasteiger charge is 2.24. The number of benzene rings is 2. The zero-order chi connectivity index (χ0) is 20.0. The van der Waals surface area contributed by atoms with E-state index >= 15 is 0 Å². The van der Waals surface area contributed by atoms with Crippen LogP contribution in [0.3, 0.4) is 0 Å². The zero-order valence-corrected chi connectivity index (χ0v) is 17.1. The van der Waals surface area contributed by atoms with Crippen LogP contribution in [-0.4, -0.2) is 20.2 Å². The molecule has 8 heteroatoms. The number of carbonyl (C=O) groups is 1. The first-order chi connectivity index (χ1) is 13.3. The Balaban J connectivity index is 1.67. The minimum Gasteiger partial charge on any atom is -0.300 e. The average Bonchev–Trinajstić information content (AvgIpc) is 3.11. The van der Waals surface area contributed by atoms with Gasteiger partial charge in [0.1, 0.15) is 0 Å². The summed E-state index contributed by atoms with van der Waals surface area (Å²) < 4.78 is 3.19. The van der Waals surface area contributed by atoms with E-state index in [1.54, 1.807) is 35.4 Å². The molecule has 0 atom stereocenters. The van der Waals surface area contributed by atoms with Gasteiger partial charge in [-0.3, -0.25) is 13.9 Å². The molecule has 0 spiro atoms. The molecule has 1 aromatic heterocycles. The number of halogens is 1. The molecular formula is C20H17ClN4O2S. The van der Waals surface area contributed by atoms with Gasteiger partial charge in [-0.25, -0.2) is 9.79 Å². The highest BCUT2D eigenvalue weighted by molar-refractivity contribution is 8.18.